The van der Waals surface area contributed by atoms with Crippen molar-refractivity contribution in [1.29, 1.82) is 0 Å². The van der Waals surface area contributed by atoms with Crippen LogP contribution in [0.5, 0.6) is 17.2 Å². The summed E-state index contributed by atoms with van der Waals surface area (Å²) in [6.07, 6.45) is 3.21. The number of rotatable bonds is 8. The molecule has 1 fully saturated rings. The summed E-state index contributed by atoms with van der Waals surface area (Å²) in [4.78, 5) is 31.9. The number of carbonyl (C=O) groups is 2. The molecule has 180 valence electrons. The van der Waals surface area contributed by atoms with Crippen LogP contribution in [0.1, 0.15) is 36.6 Å². The number of aromatic nitrogens is 1. The number of Topliss-reactive ketones (excluding diaryl/α,β-unsaturated/α-hetero) is 1. The molecule has 1 aliphatic rings. The highest BCUT2D eigenvalue weighted by atomic mass is 16.5. The van der Waals surface area contributed by atoms with Gasteiger partial charge in [0.2, 0.25) is 0 Å². The lowest BCUT2D eigenvalue weighted by Gasteiger charge is -2.26. The molecule has 8 nitrogen and oxygen atoms in total. The summed E-state index contributed by atoms with van der Waals surface area (Å²) in [6.45, 7) is 4.51. The highest BCUT2D eigenvalue weighted by molar-refractivity contribution is 6.46. The van der Waals surface area contributed by atoms with Crippen LogP contribution in [-0.4, -0.2) is 45.0 Å². The molecule has 1 unspecified atom stereocenters. The molecule has 0 radical (unpaired) electrons. The molecule has 1 saturated heterocycles. The van der Waals surface area contributed by atoms with E-state index < -0.39 is 17.7 Å². The molecule has 2 heterocycles. The summed E-state index contributed by atoms with van der Waals surface area (Å²) in [5.74, 6) is -1.15. The van der Waals surface area contributed by atoms with Gasteiger partial charge in [0.1, 0.15) is 11.5 Å². The highest BCUT2D eigenvalue weighted by Crippen LogP contribution is 2.42. The van der Waals surface area contributed by atoms with Gasteiger partial charge in [-0.15, -0.1) is 0 Å². The molecule has 0 bridgehead atoms. The summed E-state index contributed by atoms with van der Waals surface area (Å²) in [5, 5.41) is 21.5. The Morgan fingerprint density at radius 1 is 1.00 bits per heavy atom. The van der Waals surface area contributed by atoms with E-state index >= 15 is 0 Å². The van der Waals surface area contributed by atoms with Crippen molar-refractivity contribution in [3.63, 3.8) is 0 Å². The third-order valence-corrected chi connectivity index (χ3v) is 5.66. The minimum atomic E-state index is -0.904. The van der Waals surface area contributed by atoms with Crippen LogP contribution in [0.25, 0.3) is 5.76 Å². The number of nitrogens with zero attached hydrogens (tertiary/aromatic N) is 2. The van der Waals surface area contributed by atoms with Crippen LogP contribution in [0, 0.1) is 0 Å². The number of aromatic hydroxyl groups is 1. The van der Waals surface area contributed by atoms with E-state index in [9.17, 15) is 19.8 Å². The molecule has 1 aliphatic heterocycles. The van der Waals surface area contributed by atoms with Gasteiger partial charge < -0.3 is 24.6 Å². The molecule has 2 N–H and O–H groups in total. The van der Waals surface area contributed by atoms with Gasteiger partial charge in [-0.2, -0.15) is 0 Å². The molecule has 0 saturated carbocycles. The van der Waals surface area contributed by atoms with Gasteiger partial charge in [-0.05, 0) is 61.4 Å². The van der Waals surface area contributed by atoms with Gasteiger partial charge in [0.25, 0.3) is 11.7 Å². The first-order chi connectivity index (χ1) is 16.9. The number of hydrogen-bond acceptors (Lipinski definition) is 7. The topological polar surface area (TPSA) is 109 Å². The maximum atomic E-state index is 13.3. The van der Waals surface area contributed by atoms with E-state index in [1.807, 2.05) is 6.92 Å². The third kappa shape index (κ3) is 4.82. The molecule has 0 spiro atoms. The van der Waals surface area contributed by atoms with E-state index in [4.69, 9.17) is 9.47 Å². The van der Waals surface area contributed by atoms with Crippen LogP contribution in [0.3, 0.4) is 0 Å². The van der Waals surface area contributed by atoms with Crippen LogP contribution in [-0.2, 0) is 16.1 Å². The fraction of sp³-hybridized carbons (Fsp3) is 0.222. The van der Waals surface area contributed by atoms with Gasteiger partial charge in [0, 0.05) is 24.5 Å². The Labute approximate surface area is 203 Å². The fourth-order valence-corrected chi connectivity index (χ4v) is 4.10. The number of aliphatic hydroxyl groups excluding tert-OH is 1. The van der Waals surface area contributed by atoms with E-state index in [1.165, 1.54) is 11.0 Å². The van der Waals surface area contributed by atoms with Gasteiger partial charge in [-0.1, -0.05) is 18.2 Å². The van der Waals surface area contributed by atoms with E-state index in [0.29, 0.717) is 30.1 Å². The van der Waals surface area contributed by atoms with E-state index in [1.54, 1.807) is 67.8 Å². The van der Waals surface area contributed by atoms with Gasteiger partial charge in [0.05, 0.1) is 24.8 Å². The summed E-state index contributed by atoms with van der Waals surface area (Å²) in [5.41, 5.74) is 1.59. The number of amides is 1. The van der Waals surface area contributed by atoms with Crippen LogP contribution < -0.4 is 9.47 Å². The molecule has 8 heteroatoms. The summed E-state index contributed by atoms with van der Waals surface area (Å²) in [7, 11) is 0. The number of ether oxygens (including phenoxy) is 2. The molecule has 35 heavy (non-hydrogen) atoms. The second kappa shape index (κ2) is 10.3. The fourth-order valence-electron chi connectivity index (χ4n) is 4.10. The molecule has 1 aromatic heterocycles. The first kappa shape index (κ1) is 23.8. The monoisotopic (exact) mass is 474 g/mol. The number of hydrogen-bond donors (Lipinski definition) is 2. The van der Waals surface area contributed by atoms with E-state index in [0.717, 1.165) is 5.56 Å². The number of ketones is 1. The van der Waals surface area contributed by atoms with Crippen LogP contribution in [0.2, 0.25) is 0 Å². The number of aliphatic hydroxyl groups is 1. The molecule has 1 atom stereocenters. The quantitative estimate of drug-likeness (QED) is 0.286. The third-order valence-electron chi connectivity index (χ3n) is 5.66. The standard InChI is InChI=1S/C27H26N2O6/c1-3-34-20-7-5-6-19(14-20)25(31)23-24(18-8-9-21(30)22(15-18)35-4-2)29(27(33)26(23)32)16-17-10-12-28-13-11-17/h5-15,24,30-31H,3-4,16H2,1-2H3. The maximum absolute atomic E-state index is 13.3. The lowest BCUT2D eigenvalue weighted by molar-refractivity contribution is -0.140. The van der Waals surface area contributed by atoms with E-state index in [-0.39, 0.29) is 29.4 Å². The zero-order chi connectivity index (χ0) is 24.9. The summed E-state index contributed by atoms with van der Waals surface area (Å²) in [6, 6.07) is 14.0. The number of phenolic OH excluding ortho intramolecular Hbond substituents is 1. The van der Waals surface area contributed by atoms with Crippen LogP contribution in [0.15, 0.2) is 72.6 Å². The number of carbonyl (C=O) groups excluding carboxylic acids is 2. The van der Waals surface area contributed by atoms with Crippen molar-refractivity contribution in [2.75, 3.05) is 13.2 Å². The van der Waals surface area contributed by atoms with Gasteiger partial charge >= 0.3 is 0 Å². The molecule has 0 aliphatic carbocycles. The second-order valence-corrected chi connectivity index (χ2v) is 7.90. The predicted octanol–water partition coefficient (Wildman–Crippen LogP) is 4.21. The number of likely N-dealkylation sites (tertiary alicyclic amines) is 1. The van der Waals surface area contributed by atoms with Crippen molar-refractivity contribution in [1.82, 2.24) is 9.88 Å². The smallest absolute Gasteiger partial charge is 0.295 e. The second-order valence-electron chi connectivity index (χ2n) is 7.90. The molecule has 3 aromatic rings. The zero-order valence-electron chi connectivity index (χ0n) is 19.5. The van der Waals surface area contributed by atoms with Gasteiger partial charge in [0.15, 0.2) is 11.5 Å². The summed E-state index contributed by atoms with van der Waals surface area (Å²) >= 11 is 0. The Bertz CT molecular complexity index is 1270. The first-order valence-electron chi connectivity index (χ1n) is 11.3. The normalized spacial score (nSPS) is 17.0. The van der Waals surface area contributed by atoms with Crippen LogP contribution >= 0.6 is 0 Å². The van der Waals surface area contributed by atoms with Crippen molar-refractivity contribution in [3.8, 4) is 17.2 Å². The minimum absolute atomic E-state index is 0.0501. The Morgan fingerprint density at radius 3 is 2.46 bits per heavy atom. The average Bonchev–Trinajstić information content (AvgIpc) is 3.11. The van der Waals surface area contributed by atoms with Gasteiger partial charge in [-0.3, -0.25) is 14.6 Å². The molecular weight excluding hydrogens is 448 g/mol. The lowest BCUT2D eigenvalue weighted by Crippen LogP contribution is -2.29. The van der Waals surface area contributed by atoms with Crippen LogP contribution in [0.4, 0.5) is 0 Å². The SMILES string of the molecule is CCOc1cccc(C(O)=C2C(=O)C(=O)N(Cc3ccncc3)C2c2ccc(O)c(OCC)c2)c1. The molecular formula is C27H26N2O6. The summed E-state index contributed by atoms with van der Waals surface area (Å²) < 4.78 is 11.1. The maximum Gasteiger partial charge on any atom is 0.295 e. The molecule has 1 amide bonds. The minimum Gasteiger partial charge on any atom is -0.507 e. The number of phenols is 1. The largest absolute Gasteiger partial charge is 0.507 e. The Hall–Kier alpha value is -4.33. The molecule has 4 rings (SSSR count). The predicted molar refractivity (Wildman–Crippen MR) is 129 cm³/mol. The van der Waals surface area contributed by atoms with Crippen molar-refractivity contribution in [3.05, 3.63) is 89.3 Å². The first-order valence-corrected chi connectivity index (χ1v) is 11.3. The van der Waals surface area contributed by atoms with Crippen molar-refractivity contribution < 1.29 is 29.3 Å². The Kier molecular flexibility index (Phi) is 7.01. The zero-order valence-corrected chi connectivity index (χ0v) is 19.5. The average molecular weight is 475 g/mol. The number of pyridine rings is 1. The van der Waals surface area contributed by atoms with Gasteiger partial charge in [-0.25, -0.2) is 0 Å². The van der Waals surface area contributed by atoms with Crippen molar-refractivity contribution in [2.24, 2.45) is 0 Å². The highest BCUT2D eigenvalue weighted by Gasteiger charge is 2.46. The van der Waals surface area contributed by atoms with Crippen molar-refractivity contribution >= 4 is 17.4 Å². The van der Waals surface area contributed by atoms with Crippen molar-refractivity contribution in [2.45, 2.75) is 26.4 Å². The van der Waals surface area contributed by atoms with E-state index in [2.05, 4.69) is 4.98 Å². The lowest BCUT2D eigenvalue weighted by atomic mass is 9.94. The molecule has 2 aromatic carbocycles. The Morgan fingerprint density at radius 2 is 1.74 bits per heavy atom. The Balaban J connectivity index is 1.87. The number of benzene rings is 2.